The zero-order chi connectivity index (χ0) is 15.2. The molecule has 1 saturated carbocycles. The highest BCUT2D eigenvalue weighted by Gasteiger charge is 2.24. The average molecular weight is 291 g/mol. The van der Waals surface area contributed by atoms with Crippen LogP contribution < -0.4 is 15.4 Å². The Hall–Kier alpha value is -2.24. The number of nitrogens with zero attached hydrogens (tertiary/aromatic N) is 1. The van der Waals surface area contributed by atoms with Crippen molar-refractivity contribution in [1.29, 1.82) is 0 Å². The van der Waals surface area contributed by atoms with Crippen LogP contribution in [0, 0.1) is 0 Å². The van der Waals surface area contributed by atoms with Crippen molar-refractivity contribution in [1.82, 2.24) is 10.2 Å². The van der Waals surface area contributed by atoms with Crippen LogP contribution in [0.4, 0.5) is 5.69 Å². The number of carbonyl (C=O) groups is 2. The fraction of sp³-hybridized carbons (Fsp3) is 0.467. The van der Waals surface area contributed by atoms with E-state index in [9.17, 15) is 9.59 Å². The second kappa shape index (κ2) is 6.97. The van der Waals surface area contributed by atoms with Gasteiger partial charge in [0.1, 0.15) is 5.75 Å². The number of anilines is 1. The van der Waals surface area contributed by atoms with E-state index in [4.69, 9.17) is 4.74 Å². The van der Waals surface area contributed by atoms with Crippen molar-refractivity contribution in [3.05, 3.63) is 24.3 Å². The summed E-state index contributed by atoms with van der Waals surface area (Å²) in [5.74, 6) is 0.281. The van der Waals surface area contributed by atoms with Gasteiger partial charge in [-0.2, -0.15) is 0 Å². The number of carbonyl (C=O) groups excluding carboxylic acids is 2. The summed E-state index contributed by atoms with van der Waals surface area (Å²) in [4.78, 5) is 24.9. The Labute approximate surface area is 124 Å². The van der Waals surface area contributed by atoms with E-state index in [0.29, 0.717) is 11.8 Å². The Kier molecular flexibility index (Phi) is 5.03. The molecule has 1 aromatic rings. The molecular formula is C15H21N3O3. The molecule has 0 bridgehead atoms. The summed E-state index contributed by atoms with van der Waals surface area (Å²) in [6.45, 7) is -0.0104. The smallest absolute Gasteiger partial charge is 0.260 e. The topological polar surface area (TPSA) is 70.7 Å². The van der Waals surface area contributed by atoms with Gasteiger partial charge in [-0.25, -0.2) is 0 Å². The first-order chi connectivity index (χ1) is 10.1. The van der Waals surface area contributed by atoms with Crippen molar-refractivity contribution in [3.8, 4) is 5.75 Å². The van der Waals surface area contributed by atoms with E-state index in [-0.39, 0.29) is 25.0 Å². The highest BCUT2D eigenvalue weighted by molar-refractivity contribution is 5.85. The van der Waals surface area contributed by atoms with Gasteiger partial charge in [0.05, 0.1) is 6.54 Å². The molecule has 0 spiro atoms. The molecule has 114 valence electrons. The summed E-state index contributed by atoms with van der Waals surface area (Å²) in [5.41, 5.74) is 0.975. The van der Waals surface area contributed by atoms with Crippen molar-refractivity contribution in [2.75, 3.05) is 32.6 Å². The summed E-state index contributed by atoms with van der Waals surface area (Å²) >= 11 is 0. The van der Waals surface area contributed by atoms with Crippen LogP contribution in [0.3, 0.4) is 0 Å². The van der Waals surface area contributed by atoms with Gasteiger partial charge in [0.15, 0.2) is 6.61 Å². The van der Waals surface area contributed by atoms with Crippen LogP contribution in [-0.4, -0.2) is 50.0 Å². The van der Waals surface area contributed by atoms with E-state index in [1.54, 1.807) is 19.2 Å². The number of ether oxygens (including phenoxy) is 1. The lowest BCUT2D eigenvalue weighted by Gasteiger charge is -2.17. The molecule has 1 aliphatic carbocycles. The second-order valence-electron chi connectivity index (χ2n) is 5.15. The minimum atomic E-state index is -0.223. The molecule has 6 nitrogen and oxygen atoms in total. The summed E-state index contributed by atoms with van der Waals surface area (Å²) < 4.78 is 5.41. The number of rotatable bonds is 7. The average Bonchev–Trinajstić information content (AvgIpc) is 3.28. The SMILES string of the molecule is CNc1ccc(OCC(=O)N(C)CC(=O)NC2CC2)cc1. The number of hydrogen-bond donors (Lipinski definition) is 2. The highest BCUT2D eigenvalue weighted by atomic mass is 16.5. The molecule has 1 fully saturated rings. The third-order valence-electron chi connectivity index (χ3n) is 3.25. The lowest BCUT2D eigenvalue weighted by Crippen LogP contribution is -2.40. The van der Waals surface area contributed by atoms with E-state index in [0.717, 1.165) is 18.5 Å². The van der Waals surface area contributed by atoms with Gasteiger partial charge >= 0.3 is 0 Å². The third kappa shape index (κ3) is 4.98. The van der Waals surface area contributed by atoms with Crippen LogP contribution in [0.1, 0.15) is 12.8 Å². The summed E-state index contributed by atoms with van der Waals surface area (Å²) in [6.07, 6.45) is 2.07. The Balaban J connectivity index is 1.72. The lowest BCUT2D eigenvalue weighted by molar-refractivity contribution is -0.136. The third-order valence-corrected chi connectivity index (χ3v) is 3.25. The fourth-order valence-corrected chi connectivity index (χ4v) is 1.78. The lowest BCUT2D eigenvalue weighted by atomic mass is 10.3. The van der Waals surface area contributed by atoms with Crippen molar-refractivity contribution < 1.29 is 14.3 Å². The van der Waals surface area contributed by atoms with E-state index in [2.05, 4.69) is 10.6 Å². The zero-order valence-corrected chi connectivity index (χ0v) is 12.4. The number of nitrogens with one attached hydrogen (secondary N) is 2. The van der Waals surface area contributed by atoms with Crippen LogP contribution in [0.15, 0.2) is 24.3 Å². The normalized spacial score (nSPS) is 13.4. The molecule has 0 aromatic heterocycles. The molecule has 0 aliphatic heterocycles. The molecule has 0 heterocycles. The first kappa shape index (κ1) is 15.2. The van der Waals surface area contributed by atoms with Crippen LogP contribution in [-0.2, 0) is 9.59 Å². The van der Waals surface area contributed by atoms with Gasteiger partial charge in [0, 0.05) is 25.8 Å². The zero-order valence-electron chi connectivity index (χ0n) is 12.4. The van der Waals surface area contributed by atoms with Crippen LogP contribution in [0.2, 0.25) is 0 Å². The Morgan fingerprint density at radius 3 is 2.52 bits per heavy atom. The number of amides is 2. The molecule has 0 saturated heterocycles. The molecule has 1 aromatic carbocycles. The Morgan fingerprint density at radius 2 is 1.95 bits per heavy atom. The molecule has 6 heteroatoms. The quantitative estimate of drug-likeness (QED) is 0.781. The maximum Gasteiger partial charge on any atom is 0.260 e. The van der Waals surface area contributed by atoms with Gasteiger partial charge in [0.25, 0.3) is 5.91 Å². The van der Waals surface area contributed by atoms with E-state index in [1.165, 1.54) is 4.90 Å². The van der Waals surface area contributed by atoms with Gasteiger partial charge in [-0.1, -0.05) is 0 Å². The summed E-state index contributed by atoms with van der Waals surface area (Å²) in [7, 11) is 3.43. The molecule has 21 heavy (non-hydrogen) atoms. The summed E-state index contributed by atoms with van der Waals surface area (Å²) in [6, 6.07) is 7.62. The Bertz CT molecular complexity index is 497. The van der Waals surface area contributed by atoms with Gasteiger partial charge in [-0.05, 0) is 37.1 Å². The van der Waals surface area contributed by atoms with Crippen LogP contribution in [0.25, 0.3) is 0 Å². The predicted octanol–water partition coefficient (Wildman–Crippen LogP) is 0.844. The van der Waals surface area contributed by atoms with Crippen LogP contribution >= 0.6 is 0 Å². The van der Waals surface area contributed by atoms with Gasteiger partial charge in [0.2, 0.25) is 5.91 Å². The monoisotopic (exact) mass is 291 g/mol. The number of hydrogen-bond acceptors (Lipinski definition) is 4. The standard InChI is InChI=1S/C15H21N3O3/c1-16-11-5-7-13(8-6-11)21-10-15(20)18(2)9-14(19)17-12-3-4-12/h5-8,12,16H,3-4,9-10H2,1-2H3,(H,17,19). The first-order valence-electron chi connectivity index (χ1n) is 7.02. The minimum absolute atomic E-state index is 0.0669. The molecule has 0 unspecified atom stereocenters. The largest absolute Gasteiger partial charge is 0.484 e. The van der Waals surface area contributed by atoms with E-state index in [1.807, 2.05) is 19.2 Å². The molecule has 2 rings (SSSR count). The predicted molar refractivity (Wildman–Crippen MR) is 80.3 cm³/mol. The number of benzene rings is 1. The van der Waals surface area contributed by atoms with E-state index < -0.39 is 0 Å². The van der Waals surface area contributed by atoms with E-state index >= 15 is 0 Å². The highest BCUT2D eigenvalue weighted by Crippen LogP contribution is 2.18. The maximum absolute atomic E-state index is 11.9. The van der Waals surface area contributed by atoms with Crippen molar-refractivity contribution in [2.24, 2.45) is 0 Å². The van der Waals surface area contributed by atoms with Gasteiger partial charge in [-0.3, -0.25) is 9.59 Å². The van der Waals surface area contributed by atoms with Crippen molar-refractivity contribution in [3.63, 3.8) is 0 Å². The second-order valence-corrected chi connectivity index (χ2v) is 5.15. The first-order valence-corrected chi connectivity index (χ1v) is 7.02. The minimum Gasteiger partial charge on any atom is -0.484 e. The molecule has 1 aliphatic rings. The summed E-state index contributed by atoms with van der Waals surface area (Å²) in [5, 5.41) is 5.85. The van der Waals surface area contributed by atoms with Crippen molar-refractivity contribution in [2.45, 2.75) is 18.9 Å². The molecule has 0 radical (unpaired) electrons. The molecule has 0 atom stereocenters. The molecular weight excluding hydrogens is 270 g/mol. The van der Waals surface area contributed by atoms with Gasteiger partial charge in [-0.15, -0.1) is 0 Å². The van der Waals surface area contributed by atoms with Crippen molar-refractivity contribution >= 4 is 17.5 Å². The molecule has 2 N–H and O–H groups in total. The van der Waals surface area contributed by atoms with Crippen LogP contribution in [0.5, 0.6) is 5.75 Å². The fourth-order valence-electron chi connectivity index (χ4n) is 1.78. The number of likely N-dealkylation sites (N-methyl/N-ethyl adjacent to an activating group) is 1. The van der Waals surface area contributed by atoms with Gasteiger partial charge < -0.3 is 20.3 Å². The maximum atomic E-state index is 11.9. The Morgan fingerprint density at radius 1 is 1.29 bits per heavy atom. The molecule has 2 amide bonds.